The molecule has 0 unspecified atom stereocenters. The van der Waals surface area contributed by atoms with E-state index in [1.807, 2.05) is 30.3 Å². The first-order chi connectivity index (χ1) is 9.21. The number of nitrogens with one attached hydrogen (secondary N) is 2. The van der Waals surface area contributed by atoms with Gasteiger partial charge in [0.05, 0.1) is 5.41 Å². The van der Waals surface area contributed by atoms with Crippen molar-refractivity contribution in [2.24, 2.45) is 0 Å². The summed E-state index contributed by atoms with van der Waals surface area (Å²) in [7, 11) is 0. The first-order valence-corrected chi connectivity index (χ1v) is 6.47. The van der Waals surface area contributed by atoms with E-state index < -0.39 is 5.41 Å². The number of aromatic amines is 1. The van der Waals surface area contributed by atoms with Gasteiger partial charge in [0, 0.05) is 0 Å². The van der Waals surface area contributed by atoms with E-state index in [4.69, 9.17) is 0 Å². The molecule has 19 heavy (non-hydrogen) atoms. The number of carbonyl (C=O) groups is 1. The van der Waals surface area contributed by atoms with Crippen molar-refractivity contribution in [1.82, 2.24) is 15.2 Å². The zero-order valence-corrected chi connectivity index (χ0v) is 10.8. The Balaban J connectivity index is 1.84. The molecule has 0 radical (unpaired) electrons. The molecule has 0 aliphatic heterocycles. The number of H-pyrrole nitrogens is 1. The minimum absolute atomic E-state index is 0.0102. The van der Waals surface area contributed by atoms with Crippen LogP contribution < -0.4 is 5.32 Å². The summed E-state index contributed by atoms with van der Waals surface area (Å²) >= 11 is 0. The van der Waals surface area contributed by atoms with E-state index in [-0.39, 0.29) is 5.91 Å². The zero-order valence-electron chi connectivity index (χ0n) is 10.8. The number of aryl methyl sites for hydroxylation is 1. The van der Waals surface area contributed by atoms with Gasteiger partial charge < -0.3 is 0 Å². The number of aromatic nitrogens is 3. The third-order valence-electron chi connectivity index (χ3n) is 3.79. The predicted octanol–water partition coefficient (Wildman–Crippen LogP) is 2.17. The Morgan fingerprint density at radius 3 is 2.58 bits per heavy atom. The fraction of sp³-hybridized carbons (Fsp3) is 0.357. The molecule has 5 heteroatoms. The number of anilines is 1. The smallest absolute Gasteiger partial charge is 0.248 e. The minimum Gasteiger partial charge on any atom is -0.292 e. The molecule has 3 rings (SSSR count). The molecule has 1 aliphatic rings. The molecule has 1 aliphatic carbocycles. The van der Waals surface area contributed by atoms with E-state index in [9.17, 15) is 4.79 Å². The van der Waals surface area contributed by atoms with Crippen LogP contribution in [-0.4, -0.2) is 21.1 Å². The SMILES string of the molecule is Cc1nc(NC(=O)C2(c3ccccc3)CCC2)n[nH]1. The third-order valence-corrected chi connectivity index (χ3v) is 3.79. The summed E-state index contributed by atoms with van der Waals surface area (Å²) in [4.78, 5) is 16.6. The molecule has 1 fully saturated rings. The predicted molar refractivity (Wildman–Crippen MR) is 71.7 cm³/mol. The fourth-order valence-electron chi connectivity index (χ4n) is 2.55. The molecule has 1 heterocycles. The van der Waals surface area contributed by atoms with Crippen LogP contribution in [0.25, 0.3) is 0 Å². The van der Waals surface area contributed by atoms with Gasteiger partial charge in [-0.1, -0.05) is 36.8 Å². The van der Waals surface area contributed by atoms with Gasteiger partial charge in [-0.15, -0.1) is 5.10 Å². The van der Waals surface area contributed by atoms with Crippen LogP contribution in [0.2, 0.25) is 0 Å². The summed E-state index contributed by atoms with van der Waals surface area (Å²) in [6.07, 6.45) is 2.84. The average Bonchev–Trinajstić information content (AvgIpc) is 2.75. The fourth-order valence-corrected chi connectivity index (χ4v) is 2.55. The van der Waals surface area contributed by atoms with Gasteiger partial charge in [-0.05, 0) is 25.3 Å². The molecule has 1 aromatic heterocycles. The van der Waals surface area contributed by atoms with Gasteiger partial charge in [-0.25, -0.2) is 0 Å². The van der Waals surface area contributed by atoms with Gasteiger partial charge in [0.2, 0.25) is 11.9 Å². The lowest BCUT2D eigenvalue weighted by Crippen LogP contribution is -2.46. The van der Waals surface area contributed by atoms with Crippen molar-refractivity contribution < 1.29 is 4.79 Å². The quantitative estimate of drug-likeness (QED) is 0.884. The normalized spacial score (nSPS) is 16.7. The summed E-state index contributed by atoms with van der Waals surface area (Å²) in [5, 5.41) is 9.49. The van der Waals surface area contributed by atoms with E-state index in [0.717, 1.165) is 24.8 Å². The highest BCUT2D eigenvalue weighted by atomic mass is 16.2. The van der Waals surface area contributed by atoms with E-state index in [0.29, 0.717) is 11.8 Å². The second-order valence-corrected chi connectivity index (χ2v) is 5.00. The number of rotatable bonds is 3. The molecular weight excluding hydrogens is 240 g/mol. The van der Waals surface area contributed by atoms with Crippen LogP contribution in [0.1, 0.15) is 30.7 Å². The molecule has 5 nitrogen and oxygen atoms in total. The molecule has 1 aromatic carbocycles. The number of nitrogens with zero attached hydrogens (tertiary/aromatic N) is 2. The van der Waals surface area contributed by atoms with Crippen LogP contribution in [-0.2, 0) is 10.2 Å². The molecule has 0 spiro atoms. The molecular formula is C14H16N4O. The Labute approximate surface area is 111 Å². The number of benzene rings is 1. The second-order valence-electron chi connectivity index (χ2n) is 5.00. The monoisotopic (exact) mass is 256 g/mol. The van der Waals surface area contributed by atoms with Crippen molar-refractivity contribution in [1.29, 1.82) is 0 Å². The highest BCUT2D eigenvalue weighted by Crippen LogP contribution is 2.44. The summed E-state index contributed by atoms with van der Waals surface area (Å²) in [6.45, 7) is 1.80. The van der Waals surface area contributed by atoms with Gasteiger partial charge in [0.1, 0.15) is 5.82 Å². The van der Waals surface area contributed by atoms with Gasteiger partial charge in [-0.3, -0.25) is 15.2 Å². The van der Waals surface area contributed by atoms with Gasteiger partial charge in [0.15, 0.2) is 0 Å². The molecule has 2 aromatic rings. The van der Waals surface area contributed by atoms with Crippen LogP contribution in [0.5, 0.6) is 0 Å². The summed E-state index contributed by atoms with van der Waals surface area (Å²) < 4.78 is 0. The summed E-state index contributed by atoms with van der Waals surface area (Å²) in [6, 6.07) is 9.94. The lowest BCUT2D eigenvalue weighted by molar-refractivity contribution is -0.124. The molecule has 2 N–H and O–H groups in total. The van der Waals surface area contributed by atoms with E-state index in [2.05, 4.69) is 20.5 Å². The summed E-state index contributed by atoms with van der Waals surface area (Å²) in [5.74, 6) is 1.03. The maximum atomic E-state index is 12.5. The first-order valence-electron chi connectivity index (χ1n) is 6.47. The van der Waals surface area contributed by atoms with Crippen molar-refractivity contribution in [3.8, 4) is 0 Å². The van der Waals surface area contributed by atoms with E-state index >= 15 is 0 Å². The van der Waals surface area contributed by atoms with Crippen LogP contribution in [0.15, 0.2) is 30.3 Å². The number of hydrogen-bond donors (Lipinski definition) is 2. The van der Waals surface area contributed by atoms with Gasteiger partial charge in [0.25, 0.3) is 0 Å². The van der Waals surface area contributed by atoms with Crippen LogP contribution >= 0.6 is 0 Å². The molecule has 0 atom stereocenters. The minimum atomic E-state index is -0.407. The van der Waals surface area contributed by atoms with E-state index in [1.165, 1.54) is 0 Å². The van der Waals surface area contributed by atoms with Crippen molar-refractivity contribution in [2.45, 2.75) is 31.6 Å². The zero-order chi connectivity index (χ0) is 13.3. The lowest BCUT2D eigenvalue weighted by atomic mass is 9.64. The highest BCUT2D eigenvalue weighted by molar-refractivity contribution is 5.98. The Morgan fingerprint density at radius 2 is 2.05 bits per heavy atom. The second kappa shape index (κ2) is 4.50. The van der Waals surface area contributed by atoms with Crippen LogP contribution in [0.4, 0.5) is 5.95 Å². The third kappa shape index (κ3) is 2.01. The molecule has 1 amide bonds. The molecule has 0 saturated heterocycles. The van der Waals surface area contributed by atoms with Crippen LogP contribution in [0.3, 0.4) is 0 Å². The standard InChI is InChI=1S/C14H16N4O/c1-10-15-13(18-17-10)16-12(19)14(8-5-9-14)11-6-3-2-4-7-11/h2-4,6-7H,5,8-9H2,1H3,(H2,15,16,17,18,19). The van der Waals surface area contributed by atoms with Crippen molar-refractivity contribution in [3.63, 3.8) is 0 Å². The molecule has 0 bridgehead atoms. The number of carbonyl (C=O) groups excluding carboxylic acids is 1. The maximum Gasteiger partial charge on any atom is 0.248 e. The topological polar surface area (TPSA) is 70.7 Å². The van der Waals surface area contributed by atoms with Gasteiger partial charge >= 0.3 is 0 Å². The summed E-state index contributed by atoms with van der Waals surface area (Å²) in [5.41, 5.74) is 0.668. The highest BCUT2D eigenvalue weighted by Gasteiger charge is 2.45. The Morgan fingerprint density at radius 1 is 1.32 bits per heavy atom. The Hall–Kier alpha value is -2.17. The van der Waals surface area contributed by atoms with E-state index in [1.54, 1.807) is 6.92 Å². The van der Waals surface area contributed by atoms with Crippen molar-refractivity contribution in [2.75, 3.05) is 5.32 Å². The largest absolute Gasteiger partial charge is 0.292 e. The maximum absolute atomic E-state index is 12.5. The molecule has 1 saturated carbocycles. The van der Waals surface area contributed by atoms with Crippen molar-refractivity contribution in [3.05, 3.63) is 41.7 Å². The van der Waals surface area contributed by atoms with Crippen molar-refractivity contribution >= 4 is 11.9 Å². The Kier molecular flexibility index (Phi) is 2.81. The first kappa shape index (κ1) is 11.9. The molecule has 98 valence electrons. The number of hydrogen-bond acceptors (Lipinski definition) is 3. The lowest BCUT2D eigenvalue weighted by Gasteiger charge is -2.40. The van der Waals surface area contributed by atoms with Gasteiger partial charge in [-0.2, -0.15) is 4.98 Å². The van der Waals surface area contributed by atoms with Crippen LogP contribution in [0, 0.1) is 6.92 Å². The average molecular weight is 256 g/mol. The number of amides is 1. The Bertz CT molecular complexity index is 587.